The topological polar surface area (TPSA) is 3.24 Å². The van der Waals surface area contributed by atoms with Crippen LogP contribution in [0.3, 0.4) is 0 Å². The molecule has 3 rings (SSSR count). The molecule has 0 radical (unpaired) electrons. The van der Waals surface area contributed by atoms with Crippen molar-refractivity contribution in [1.29, 1.82) is 0 Å². The van der Waals surface area contributed by atoms with Gasteiger partial charge in [0.15, 0.2) is 0 Å². The average Bonchev–Trinajstić information content (AvgIpc) is 2.87. The Morgan fingerprint density at radius 3 is 3.06 bits per heavy atom. The molecule has 16 heavy (non-hydrogen) atoms. The average molecular weight is 298 g/mol. The maximum absolute atomic E-state index is 3.71. The van der Waals surface area contributed by atoms with E-state index in [0.717, 1.165) is 10.7 Å². The van der Waals surface area contributed by atoms with Crippen LogP contribution in [0.4, 0.5) is 0 Å². The third-order valence-corrected chi connectivity index (χ3v) is 5.49. The van der Waals surface area contributed by atoms with Crippen LogP contribution < -0.4 is 0 Å². The molecule has 0 saturated carbocycles. The normalized spacial score (nSPS) is 29.6. The standard InChI is InChI=1S/C13H16BrNS/c14-11-5-6-15(8-11)7-10-9-16-13-4-2-1-3-12(10)13/h1-4,10-11H,5-9H2. The number of benzene rings is 1. The van der Waals surface area contributed by atoms with Gasteiger partial charge in [0.1, 0.15) is 0 Å². The summed E-state index contributed by atoms with van der Waals surface area (Å²) in [6.07, 6.45) is 1.31. The molecule has 2 atom stereocenters. The molecule has 2 aliphatic rings. The second kappa shape index (κ2) is 4.71. The molecular weight excluding hydrogens is 282 g/mol. The van der Waals surface area contributed by atoms with Gasteiger partial charge in [-0.2, -0.15) is 0 Å². The number of rotatable bonds is 2. The third kappa shape index (κ3) is 2.18. The number of nitrogens with zero attached hydrogens (tertiary/aromatic N) is 1. The first kappa shape index (κ1) is 11.1. The van der Waals surface area contributed by atoms with E-state index >= 15 is 0 Å². The highest BCUT2D eigenvalue weighted by Crippen LogP contribution is 2.40. The Kier molecular flexibility index (Phi) is 3.27. The Bertz CT molecular complexity index is 382. The predicted molar refractivity (Wildman–Crippen MR) is 73.7 cm³/mol. The van der Waals surface area contributed by atoms with Gasteiger partial charge in [-0.15, -0.1) is 11.8 Å². The van der Waals surface area contributed by atoms with E-state index in [4.69, 9.17) is 0 Å². The van der Waals surface area contributed by atoms with Crippen LogP contribution in [0.15, 0.2) is 29.2 Å². The van der Waals surface area contributed by atoms with Crippen LogP contribution in [-0.4, -0.2) is 35.1 Å². The molecule has 2 aliphatic heterocycles. The van der Waals surface area contributed by atoms with Crippen LogP contribution in [0.25, 0.3) is 0 Å². The molecule has 2 heterocycles. The molecule has 1 aromatic carbocycles. The zero-order valence-corrected chi connectivity index (χ0v) is 11.6. The summed E-state index contributed by atoms with van der Waals surface area (Å²) in [5.41, 5.74) is 1.57. The Hall–Kier alpha value is 0.0100. The van der Waals surface area contributed by atoms with E-state index in [0.29, 0.717) is 0 Å². The molecular formula is C13H16BrNS. The van der Waals surface area contributed by atoms with Gasteiger partial charge in [-0.25, -0.2) is 0 Å². The summed E-state index contributed by atoms with van der Waals surface area (Å²) < 4.78 is 0. The molecule has 86 valence electrons. The number of alkyl halides is 1. The van der Waals surface area contributed by atoms with Crippen molar-refractivity contribution in [2.75, 3.05) is 25.4 Å². The largest absolute Gasteiger partial charge is 0.302 e. The fourth-order valence-corrected chi connectivity index (χ4v) is 4.50. The highest BCUT2D eigenvalue weighted by atomic mass is 79.9. The molecule has 0 aliphatic carbocycles. The lowest BCUT2D eigenvalue weighted by Crippen LogP contribution is -2.26. The summed E-state index contributed by atoms with van der Waals surface area (Å²) in [7, 11) is 0. The SMILES string of the molecule is BrC1CCN(CC2CSc3ccccc32)C1. The Morgan fingerprint density at radius 1 is 1.38 bits per heavy atom. The molecule has 3 heteroatoms. The van der Waals surface area contributed by atoms with Crippen LogP contribution in [0.1, 0.15) is 17.9 Å². The smallest absolute Gasteiger partial charge is 0.0285 e. The highest BCUT2D eigenvalue weighted by molar-refractivity contribution is 9.09. The molecule has 0 spiro atoms. The Morgan fingerprint density at radius 2 is 2.25 bits per heavy atom. The molecule has 0 amide bonds. The van der Waals surface area contributed by atoms with Gasteiger partial charge in [0.25, 0.3) is 0 Å². The van der Waals surface area contributed by atoms with Gasteiger partial charge in [-0.3, -0.25) is 0 Å². The quantitative estimate of drug-likeness (QED) is 0.770. The van der Waals surface area contributed by atoms with Crippen molar-refractivity contribution in [3.63, 3.8) is 0 Å². The van der Waals surface area contributed by atoms with Crippen molar-refractivity contribution < 1.29 is 0 Å². The molecule has 1 fully saturated rings. The second-order valence-corrected chi connectivity index (χ2v) is 7.05. The first-order chi connectivity index (χ1) is 7.83. The molecule has 2 unspecified atom stereocenters. The maximum atomic E-state index is 3.71. The van der Waals surface area contributed by atoms with E-state index < -0.39 is 0 Å². The summed E-state index contributed by atoms with van der Waals surface area (Å²) in [5, 5.41) is 0. The van der Waals surface area contributed by atoms with E-state index in [9.17, 15) is 0 Å². The number of likely N-dealkylation sites (tertiary alicyclic amines) is 1. The number of fused-ring (bicyclic) bond motifs is 1. The van der Waals surface area contributed by atoms with Crippen molar-refractivity contribution >= 4 is 27.7 Å². The molecule has 1 nitrogen and oxygen atoms in total. The van der Waals surface area contributed by atoms with E-state index in [1.807, 2.05) is 11.8 Å². The zero-order valence-electron chi connectivity index (χ0n) is 9.23. The summed E-state index contributed by atoms with van der Waals surface area (Å²) in [5.74, 6) is 2.02. The second-order valence-electron chi connectivity index (χ2n) is 4.69. The number of hydrogen-bond donors (Lipinski definition) is 0. The minimum absolute atomic E-state index is 0.719. The predicted octanol–water partition coefficient (Wildman–Crippen LogP) is 3.35. The van der Waals surface area contributed by atoms with Crippen molar-refractivity contribution in [2.45, 2.75) is 22.1 Å². The van der Waals surface area contributed by atoms with Crippen LogP contribution in [0, 0.1) is 0 Å². The van der Waals surface area contributed by atoms with Crippen LogP contribution in [-0.2, 0) is 0 Å². The van der Waals surface area contributed by atoms with Crippen molar-refractivity contribution in [3.8, 4) is 0 Å². The van der Waals surface area contributed by atoms with Gasteiger partial charge >= 0.3 is 0 Å². The maximum Gasteiger partial charge on any atom is 0.0285 e. The van der Waals surface area contributed by atoms with Crippen LogP contribution in [0.5, 0.6) is 0 Å². The van der Waals surface area contributed by atoms with E-state index in [1.165, 1.54) is 36.7 Å². The lowest BCUT2D eigenvalue weighted by molar-refractivity contribution is 0.324. The van der Waals surface area contributed by atoms with Crippen LogP contribution >= 0.6 is 27.7 Å². The first-order valence-corrected chi connectivity index (χ1v) is 7.81. The van der Waals surface area contributed by atoms with E-state index in [2.05, 4.69) is 45.1 Å². The fraction of sp³-hybridized carbons (Fsp3) is 0.538. The van der Waals surface area contributed by atoms with Gasteiger partial charge in [-0.05, 0) is 24.6 Å². The van der Waals surface area contributed by atoms with Crippen LogP contribution in [0.2, 0.25) is 0 Å². The fourth-order valence-electron chi connectivity index (χ4n) is 2.64. The summed E-state index contributed by atoms with van der Waals surface area (Å²) >= 11 is 5.73. The number of halogens is 1. The Labute approximate surface area is 110 Å². The summed E-state index contributed by atoms with van der Waals surface area (Å²) in [6, 6.07) is 8.90. The van der Waals surface area contributed by atoms with Crippen molar-refractivity contribution in [3.05, 3.63) is 29.8 Å². The van der Waals surface area contributed by atoms with E-state index in [1.54, 1.807) is 5.56 Å². The minimum Gasteiger partial charge on any atom is -0.302 e. The lowest BCUT2D eigenvalue weighted by atomic mass is 10.0. The Balaban J connectivity index is 1.69. The van der Waals surface area contributed by atoms with Crippen molar-refractivity contribution in [2.24, 2.45) is 0 Å². The first-order valence-electron chi connectivity index (χ1n) is 5.91. The lowest BCUT2D eigenvalue weighted by Gasteiger charge is -2.20. The molecule has 1 aromatic rings. The number of thioether (sulfide) groups is 1. The molecule has 0 bridgehead atoms. The van der Waals surface area contributed by atoms with Gasteiger partial charge < -0.3 is 4.90 Å². The van der Waals surface area contributed by atoms with Gasteiger partial charge in [0, 0.05) is 34.5 Å². The van der Waals surface area contributed by atoms with Gasteiger partial charge in [0.2, 0.25) is 0 Å². The van der Waals surface area contributed by atoms with Crippen molar-refractivity contribution in [1.82, 2.24) is 4.90 Å². The summed E-state index contributed by atoms with van der Waals surface area (Å²) in [6.45, 7) is 3.73. The molecule has 1 saturated heterocycles. The number of hydrogen-bond acceptors (Lipinski definition) is 2. The van der Waals surface area contributed by atoms with Gasteiger partial charge in [-0.1, -0.05) is 34.1 Å². The minimum atomic E-state index is 0.719. The summed E-state index contributed by atoms with van der Waals surface area (Å²) in [4.78, 5) is 4.83. The molecule has 0 N–H and O–H groups in total. The highest BCUT2D eigenvalue weighted by Gasteiger charge is 2.27. The monoisotopic (exact) mass is 297 g/mol. The van der Waals surface area contributed by atoms with E-state index in [-0.39, 0.29) is 0 Å². The zero-order chi connectivity index (χ0) is 11.0. The molecule has 0 aromatic heterocycles. The third-order valence-electron chi connectivity index (χ3n) is 3.49. The van der Waals surface area contributed by atoms with Gasteiger partial charge in [0.05, 0.1) is 0 Å².